The fourth-order valence-electron chi connectivity index (χ4n) is 2.89. The van der Waals surface area contributed by atoms with Crippen LogP contribution in [0.4, 0.5) is 0 Å². The number of esters is 1. The first kappa shape index (κ1) is 9.75. The molecule has 78 valence electrons. The van der Waals surface area contributed by atoms with Gasteiger partial charge in [-0.15, -0.1) is 0 Å². The average Bonchev–Trinajstić information content (AvgIpc) is 2.69. The van der Waals surface area contributed by atoms with Gasteiger partial charge in [-0.1, -0.05) is 19.4 Å². The molecule has 2 saturated carbocycles. The Labute approximate surface area is 85.3 Å². The van der Waals surface area contributed by atoms with Gasteiger partial charge in [0.05, 0.1) is 0 Å². The zero-order valence-corrected chi connectivity index (χ0v) is 8.79. The highest BCUT2D eigenvalue weighted by molar-refractivity contribution is 5.87. The maximum absolute atomic E-state index is 11.4. The highest BCUT2D eigenvalue weighted by Crippen LogP contribution is 2.45. The SMILES string of the molecule is C=C(C)C(=O)OC1CCC2CCCC21. The molecule has 2 aliphatic carbocycles. The van der Waals surface area contributed by atoms with Crippen molar-refractivity contribution in [2.24, 2.45) is 11.8 Å². The summed E-state index contributed by atoms with van der Waals surface area (Å²) in [5.41, 5.74) is 0.520. The quantitative estimate of drug-likeness (QED) is 0.499. The van der Waals surface area contributed by atoms with Gasteiger partial charge in [-0.2, -0.15) is 0 Å². The average molecular weight is 194 g/mol. The molecule has 0 heterocycles. The predicted octanol–water partition coefficient (Wildman–Crippen LogP) is 2.68. The van der Waals surface area contributed by atoms with Crippen LogP contribution in [0.25, 0.3) is 0 Å². The van der Waals surface area contributed by atoms with E-state index in [4.69, 9.17) is 4.74 Å². The molecule has 14 heavy (non-hydrogen) atoms. The highest BCUT2D eigenvalue weighted by Gasteiger charge is 2.41. The minimum atomic E-state index is -0.206. The monoisotopic (exact) mass is 194 g/mol. The summed E-state index contributed by atoms with van der Waals surface area (Å²) in [6, 6.07) is 0. The third-order valence-corrected chi connectivity index (χ3v) is 3.62. The Morgan fingerprint density at radius 3 is 2.79 bits per heavy atom. The molecule has 2 rings (SSSR count). The van der Waals surface area contributed by atoms with Crippen molar-refractivity contribution < 1.29 is 9.53 Å². The van der Waals surface area contributed by atoms with Crippen molar-refractivity contribution in [2.75, 3.05) is 0 Å². The smallest absolute Gasteiger partial charge is 0.333 e. The molecule has 0 radical (unpaired) electrons. The molecule has 0 aromatic rings. The van der Waals surface area contributed by atoms with Crippen LogP contribution in [0.1, 0.15) is 39.0 Å². The summed E-state index contributed by atoms with van der Waals surface area (Å²) in [6.07, 6.45) is 6.40. The van der Waals surface area contributed by atoms with Crippen molar-refractivity contribution in [3.63, 3.8) is 0 Å². The minimum absolute atomic E-state index is 0.187. The standard InChI is InChI=1S/C12H18O2/c1-8(2)12(13)14-11-7-6-9-4-3-5-10(9)11/h9-11H,1,3-7H2,2H3. The second kappa shape index (κ2) is 3.76. The van der Waals surface area contributed by atoms with E-state index < -0.39 is 0 Å². The van der Waals surface area contributed by atoms with Crippen LogP contribution in [0.2, 0.25) is 0 Å². The second-order valence-electron chi connectivity index (χ2n) is 4.66. The van der Waals surface area contributed by atoms with Crippen LogP contribution < -0.4 is 0 Å². The molecule has 3 unspecified atom stereocenters. The fourth-order valence-corrected chi connectivity index (χ4v) is 2.89. The molecule has 0 aromatic heterocycles. The van der Waals surface area contributed by atoms with Crippen LogP contribution in [-0.2, 0) is 9.53 Å². The van der Waals surface area contributed by atoms with E-state index in [1.807, 2.05) is 0 Å². The Bertz CT molecular complexity index is 257. The van der Waals surface area contributed by atoms with Crippen molar-refractivity contribution in [3.8, 4) is 0 Å². The highest BCUT2D eigenvalue weighted by atomic mass is 16.5. The Morgan fingerprint density at radius 2 is 2.07 bits per heavy atom. The van der Waals surface area contributed by atoms with Gasteiger partial charge in [-0.3, -0.25) is 0 Å². The number of ether oxygens (including phenoxy) is 1. The van der Waals surface area contributed by atoms with Gasteiger partial charge in [-0.25, -0.2) is 4.79 Å². The number of fused-ring (bicyclic) bond motifs is 1. The molecule has 2 nitrogen and oxygen atoms in total. The van der Waals surface area contributed by atoms with Crippen molar-refractivity contribution in [2.45, 2.75) is 45.1 Å². The van der Waals surface area contributed by atoms with Crippen molar-refractivity contribution in [3.05, 3.63) is 12.2 Å². The minimum Gasteiger partial charge on any atom is -0.459 e. The molecule has 0 bridgehead atoms. The van der Waals surface area contributed by atoms with Crippen LogP contribution in [0.5, 0.6) is 0 Å². The van der Waals surface area contributed by atoms with E-state index in [0.29, 0.717) is 11.5 Å². The van der Waals surface area contributed by atoms with E-state index in [1.165, 1.54) is 25.7 Å². The number of carbonyl (C=O) groups excluding carboxylic acids is 1. The number of hydrogen-bond acceptors (Lipinski definition) is 2. The zero-order chi connectivity index (χ0) is 10.1. The van der Waals surface area contributed by atoms with Crippen LogP contribution >= 0.6 is 0 Å². The maximum atomic E-state index is 11.4. The first-order chi connectivity index (χ1) is 6.68. The third-order valence-electron chi connectivity index (χ3n) is 3.62. The normalized spacial score (nSPS) is 35.4. The largest absolute Gasteiger partial charge is 0.459 e. The summed E-state index contributed by atoms with van der Waals surface area (Å²) in [5.74, 6) is 1.28. The molecule has 2 aliphatic rings. The number of carbonyl (C=O) groups is 1. The predicted molar refractivity (Wildman–Crippen MR) is 54.8 cm³/mol. The van der Waals surface area contributed by atoms with Gasteiger partial charge in [-0.05, 0) is 38.0 Å². The van der Waals surface area contributed by atoms with Gasteiger partial charge < -0.3 is 4.74 Å². The molecule has 0 N–H and O–H groups in total. The number of rotatable bonds is 2. The van der Waals surface area contributed by atoms with Crippen molar-refractivity contribution in [1.82, 2.24) is 0 Å². The first-order valence-corrected chi connectivity index (χ1v) is 5.55. The van der Waals surface area contributed by atoms with Crippen LogP contribution in [-0.4, -0.2) is 12.1 Å². The van der Waals surface area contributed by atoms with Gasteiger partial charge >= 0.3 is 5.97 Å². The molecule has 0 spiro atoms. The fraction of sp³-hybridized carbons (Fsp3) is 0.750. The number of hydrogen-bond donors (Lipinski definition) is 0. The summed E-state index contributed by atoms with van der Waals surface area (Å²) in [5, 5.41) is 0. The lowest BCUT2D eigenvalue weighted by atomic mass is 9.99. The van der Waals surface area contributed by atoms with E-state index in [1.54, 1.807) is 6.92 Å². The topological polar surface area (TPSA) is 26.3 Å². The summed E-state index contributed by atoms with van der Waals surface area (Å²) in [6.45, 7) is 5.32. The summed E-state index contributed by atoms with van der Waals surface area (Å²) in [7, 11) is 0. The van der Waals surface area contributed by atoms with E-state index in [-0.39, 0.29) is 12.1 Å². The molecule has 0 aliphatic heterocycles. The van der Waals surface area contributed by atoms with Crippen molar-refractivity contribution >= 4 is 5.97 Å². The zero-order valence-electron chi connectivity index (χ0n) is 8.79. The summed E-state index contributed by atoms with van der Waals surface area (Å²) >= 11 is 0. The molecule has 2 fully saturated rings. The lowest BCUT2D eigenvalue weighted by molar-refractivity contribution is -0.146. The summed E-state index contributed by atoms with van der Waals surface area (Å²) in [4.78, 5) is 11.4. The molecule has 3 atom stereocenters. The van der Waals surface area contributed by atoms with E-state index >= 15 is 0 Å². The van der Waals surface area contributed by atoms with Crippen LogP contribution in [0.15, 0.2) is 12.2 Å². The van der Waals surface area contributed by atoms with Gasteiger partial charge in [0.15, 0.2) is 0 Å². The van der Waals surface area contributed by atoms with Crippen molar-refractivity contribution in [1.29, 1.82) is 0 Å². The molecule has 2 heteroatoms. The van der Waals surface area contributed by atoms with Gasteiger partial charge in [0.25, 0.3) is 0 Å². The Kier molecular flexibility index (Phi) is 2.62. The van der Waals surface area contributed by atoms with Gasteiger partial charge in [0.1, 0.15) is 6.10 Å². The first-order valence-electron chi connectivity index (χ1n) is 5.55. The lowest BCUT2D eigenvalue weighted by Crippen LogP contribution is -2.23. The van der Waals surface area contributed by atoms with Crippen LogP contribution in [0, 0.1) is 11.8 Å². The molecule has 0 amide bonds. The molecular weight excluding hydrogens is 176 g/mol. The maximum Gasteiger partial charge on any atom is 0.333 e. The van der Waals surface area contributed by atoms with E-state index in [2.05, 4.69) is 6.58 Å². The molecule has 0 aromatic carbocycles. The summed E-state index contributed by atoms with van der Waals surface area (Å²) < 4.78 is 5.45. The third kappa shape index (κ3) is 1.70. The van der Waals surface area contributed by atoms with Crippen LogP contribution in [0.3, 0.4) is 0 Å². The second-order valence-corrected chi connectivity index (χ2v) is 4.66. The van der Waals surface area contributed by atoms with Gasteiger partial charge in [0.2, 0.25) is 0 Å². The Morgan fingerprint density at radius 1 is 1.29 bits per heavy atom. The molecular formula is C12H18O2. The van der Waals surface area contributed by atoms with Gasteiger partial charge in [0, 0.05) is 5.57 Å². The van der Waals surface area contributed by atoms with E-state index in [0.717, 1.165) is 12.3 Å². The molecule has 0 saturated heterocycles. The van der Waals surface area contributed by atoms with E-state index in [9.17, 15) is 4.79 Å². The Balaban J connectivity index is 1.93. The Hall–Kier alpha value is -0.790. The lowest BCUT2D eigenvalue weighted by Gasteiger charge is -2.18.